The van der Waals surface area contributed by atoms with Gasteiger partial charge in [-0.25, -0.2) is 0 Å². The number of hydrogen-bond acceptors (Lipinski definition) is 3. The Morgan fingerprint density at radius 2 is 1.95 bits per heavy atom. The predicted octanol–water partition coefficient (Wildman–Crippen LogP) is 2.26. The Labute approximate surface area is 118 Å². The van der Waals surface area contributed by atoms with Crippen LogP contribution < -0.4 is 5.32 Å². The second-order valence-corrected chi connectivity index (χ2v) is 7.54. The molecule has 2 saturated carbocycles. The Morgan fingerprint density at radius 1 is 1.26 bits per heavy atom. The Kier molecular flexibility index (Phi) is 3.65. The van der Waals surface area contributed by atoms with Crippen molar-refractivity contribution in [2.24, 2.45) is 11.8 Å². The molecule has 3 nitrogen and oxygen atoms in total. The SMILES string of the molecule is COC1CC(N2CC(C)(C3CC3)NCC2C(C)C)C1. The van der Waals surface area contributed by atoms with Crippen molar-refractivity contribution in [1.29, 1.82) is 0 Å². The van der Waals surface area contributed by atoms with E-state index in [1.807, 2.05) is 7.11 Å². The maximum atomic E-state index is 5.47. The van der Waals surface area contributed by atoms with Crippen molar-refractivity contribution >= 4 is 0 Å². The van der Waals surface area contributed by atoms with E-state index in [0.717, 1.165) is 17.9 Å². The highest BCUT2D eigenvalue weighted by Gasteiger charge is 2.49. The third-order valence-corrected chi connectivity index (χ3v) is 5.77. The van der Waals surface area contributed by atoms with Gasteiger partial charge in [0.1, 0.15) is 0 Å². The van der Waals surface area contributed by atoms with Crippen LogP contribution in [0.4, 0.5) is 0 Å². The van der Waals surface area contributed by atoms with Gasteiger partial charge in [0.05, 0.1) is 6.10 Å². The quantitative estimate of drug-likeness (QED) is 0.845. The van der Waals surface area contributed by atoms with Crippen LogP contribution in [-0.2, 0) is 4.74 Å². The minimum atomic E-state index is 0.365. The minimum Gasteiger partial charge on any atom is -0.381 e. The van der Waals surface area contributed by atoms with Crippen molar-refractivity contribution in [1.82, 2.24) is 10.2 Å². The molecule has 0 aromatic rings. The van der Waals surface area contributed by atoms with Gasteiger partial charge >= 0.3 is 0 Å². The van der Waals surface area contributed by atoms with E-state index in [2.05, 4.69) is 31.0 Å². The van der Waals surface area contributed by atoms with Gasteiger partial charge in [0.15, 0.2) is 0 Å². The fourth-order valence-corrected chi connectivity index (χ4v) is 4.02. The summed E-state index contributed by atoms with van der Waals surface area (Å²) in [7, 11) is 1.85. The minimum absolute atomic E-state index is 0.365. The number of piperazine rings is 1. The molecule has 19 heavy (non-hydrogen) atoms. The zero-order chi connectivity index (χ0) is 13.6. The molecule has 1 aliphatic heterocycles. The molecule has 3 rings (SSSR count). The number of nitrogens with zero attached hydrogens (tertiary/aromatic N) is 1. The van der Waals surface area contributed by atoms with E-state index in [1.54, 1.807) is 0 Å². The maximum Gasteiger partial charge on any atom is 0.0601 e. The summed E-state index contributed by atoms with van der Waals surface area (Å²) in [6.45, 7) is 9.58. The van der Waals surface area contributed by atoms with Gasteiger partial charge in [-0.1, -0.05) is 13.8 Å². The molecule has 1 saturated heterocycles. The topological polar surface area (TPSA) is 24.5 Å². The highest BCUT2D eigenvalue weighted by atomic mass is 16.5. The van der Waals surface area contributed by atoms with Gasteiger partial charge in [0.2, 0.25) is 0 Å². The normalized spacial score (nSPS) is 44.4. The number of methoxy groups -OCH3 is 1. The van der Waals surface area contributed by atoms with Crippen molar-refractivity contribution in [3.63, 3.8) is 0 Å². The van der Waals surface area contributed by atoms with Crippen LogP contribution in [0.5, 0.6) is 0 Å². The lowest BCUT2D eigenvalue weighted by Crippen LogP contribution is -2.69. The zero-order valence-corrected chi connectivity index (χ0v) is 13.0. The van der Waals surface area contributed by atoms with Gasteiger partial charge in [0.25, 0.3) is 0 Å². The van der Waals surface area contributed by atoms with Crippen molar-refractivity contribution in [3.05, 3.63) is 0 Å². The molecule has 0 spiro atoms. The van der Waals surface area contributed by atoms with Gasteiger partial charge in [0, 0.05) is 37.8 Å². The molecule has 0 amide bonds. The van der Waals surface area contributed by atoms with Crippen LogP contribution >= 0.6 is 0 Å². The van der Waals surface area contributed by atoms with Gasteiger partial charge in [-0.2, -0.15) is 0 Å². The van der Waals surface area contributed by atoms with Crippen LogP contribution in [0, 0.1) is 11.8 Å². The van der Waals surface area contributed by atoms with Crippen LogP contribution in [-0.4, -0.2) is 48.8 Å². The molecule has 0 aromatic heterocycles. The van der Waals surface area contributed by atoms with Crippen molar-refractivity contribution in [3.8, 4) is 0 Å². The van der Waals surface area contributed by atoms with Crippen molar-refractivity contribution in [2.45, 2.75) is 70.2 Å². The molecular formula is C16H30N2O. The molecule has 3 aliphatic rings. The van der Waals surface area contributed by atoms with E-state index in [4.69, 9.17) is 4.74 Å². The summed E-state index contributed by atoms with van der Waals surface area (Å²) in [6.07, 6.45) is 5.84. The van der Waals surface area contributed by atoms with Gasteiger partial charge in [-0.15, -0.1) is 0 Å². The molecule has 1 heterocycles. The van der Waals surface area contributed by atoms with Crippen LogP contribution in [0.2, 0.25) is 0 Å². The first kappa shape index (κ1) is 13.8. The lowest BCUT2D eigenvalue weighted by molar-refractivity contribution is -0.0715. The first-order chi connectivity index (χ1) is 9.03. The smallest absolute Gasteiger partial charge is 0.0601 e. The highest BCUT2D eigenvalue weighted by Crippen LogP contribution is 2.43. The Morgan fingerprint density at radius 3 is 2.47 bits per heavy atom. The maximum absolute atomic E-state index is 5.47. The Hall–Kier alpha value is -0.120. The lowest BCUT2D eigenvalue weighted by Gasteiger charge is -2.54. The van der Waals surface area contributed by atoms with E-state index >= 15 is 0 Å². The number of hydrogen-bond donors (Lipinski definition) is 1. The summed E-state index contributed by atoms with van der Waals surface area (Å²) < 4.78 is 5.47. The van der Waals surface area contributed by atoms with Crippen molar-refractivity contribution < 1.29 is 4.74 Å². The van der Waals surface area contributed by atoms with Crippen LogP contribution in [0.1, 0.15) is 46.5 Å². The second-order valence-electron chi connectivity index (χ2n) is 7.54. The summed E-state index contributed by atoms with van der Waals surface area (Å²) in [5, 5.41) is 3.87. The second kappa shape index (κ2) is 5.01. The molecule has 2 aliphatic carbocycles. The van der Waals surface area contributed by atoms with Crippen molar-refractivity contribution in [2.75, 3.05) is 20.2 Å². The van der Waals surface area contributed by atoms with Gasteiger partial charge < -0.3 is 10.1 Å². The summed E-state index contributed by atoms with van der Waals surface area (Å²) in [6, 6.07) is 1.46. The van der Waals surface area contributed by atoms with E-state index in [1.165, 1.54) is 38.8 Å². The molecule has 3 heteroatoms. The molecule has 0 aromatic carbocycles. The number of rotatable bonds is 4. The predicted molar refractivity (Wildman–Crippen MR) is 78.3 cm³/mol. The van der Waals surface area contributed by atoms with Gasteiger partial charge in [-0.05, 0) is 44.4 Å². The van der Waals surface area contributed by atoms with E-state index < -0.39 is 0 Å². The van der Waals surface area contributed by atoms with E-state index in [-0.39, 0.29) is 0 Å². The molecule has 1 N–H and O–H groups in total. The number of nitrogens with one attached hydrogen (secondary N) is 1. The van der Waals surface area contributed by atoms with Crippen LogP contribution in [0.15, 0.2) is 0 Å². The first-order valence-electron chi connectivity index (χ1n) is 8.07. The van der Waals surface area contributed by atoms with E-state index in [0.29, 0.717) is 17.7 Å². The molecular weight excluding hydrogens is 236 g/mol. The third kappa shape index (κ3) is 2.57. The Bertz CT molecular complexity index is 323. The highest BCUT2D eigenvalue weighted by molar-refractivity contribution is 5.07. The lowest BCUT2D eigenvalue weighted by atomic mass is 9.81. The molecule has 0 radical (unpaired) electrons. The van der Waals surface area contributed by atoms with E-state index in [9.17, 15) is 0 Å². The summed E-state index contributed by atoms with van der Waals surface area (Å²) in [5.74, 6) is 1.65. The largest absolute Gasteiger partial charge is 0.381 e. The zero-order valence-electron chi connectivity index (χ0n) is 13.0. The first-order valence-corrected chi connectivity index (χ1v) is 8.07. The van der Waals surface area contributed by atoms with Gasteiger partial charge in [-0.3, -0.25) is 4.90 Å². The molecule has 2 atom stereocenters. The monoisotopic (exact) mass is 266 g/mol. The molecule has 3 fully saturated rings. The summed E-state index contributed by atoms with van der Waals surface area (Å²) in [4.78, 5) is 2.81. The molecule has 110 valence electrons. The average Bonchev–Trinajstić information content (AvgIpc) is 3.11. The Balaban J connectivity index is 1.68. The molecule has 0 bridgehead atoms. The fraction of sp³-hybridized carbons (Fsp3) is 1.00. The summed E-state index contributed by atoms with van der Waals surface area (Å²) >= 11 is 0. The van der Waals surface area contributed by atoms with Crippen LogP contribution in [0.3, 0.4) is 0 Å². The summed E-state index contributed by atoms with van der Waals surface area (Å²) in [5.41, 5.74) is 0.365. The third-order valence-electron chi connectivity index (χ3n) is 5.77. The standard InChI is InChI=1S/C16H30N2O/c1-11(2)15-9-17-16(3,12-5-6-12)10-18(15)13-7-14(8-13)19-4/h11-15,17H,5-10H2,1-4H3. The number of ether oxygens (including phenoxy) is 1. The average molecular weight is 266 g/mol. The molecule has 2 unspecified atom stereocenters. The van der Waals surface area contributed by atoms with Crippen LogP contribution in [0.25, 0.3) is 0 Å². The fourth-order valence-electron chi connectivity index (χ4n) is 4.02.